The van der Waals surface area contributed by atoms with Gasteiger partial charge in [-0.1, -0.05) is 57.2 Å². The molecule has 2 aromatic rings. The fourth-order valence-corrected chi connectivity index (χ4v) is 3.72. The third-order valence-electron chi connectivity index (χ3n) is 5.26. The van der Waals surface area contributed by atoms with Crippen molar-refractivity contribution < 1.29 is 9.16 Å². The van der Waals surface area contributed by atoms with E-state index in [0.717, 1.165) is 16.9 Å². The molecule has 0 spiro atoms. The molecule has 6 heteroatoms. The van der Waals surface area contributed by atoms with Crippen molar-refractivity contribution in [3.63, 3.8) is 0 Å². The Balaban J connectivity index is 1.93. The van der Waals surface area contributed by atoms with Crippen LogP contribution in [0.1, 0.15) is 20.8 Å². The first kappa shape index (κ1) is 21.9. The monoisotopic (exact) mass is 403 g/mol. The van der Waals surface area contributed by atoms with Gasteiger partial charge < -0.3 is 14.0 Å². The summed E-state index contributed by atoms with van der Waals surface area (Å²) in [6.07, 6.45) is -0.233. The zero-order valence-corrected chi connectivity index (χ0v) is 19.1. The van der Waals surface area contributed by atoms with Crippen molar-refractivity contribution in [1.82, 2.24) is 0 Å². The van der Waals surface area contributed by atoms with E-state index in [-0.39, 0.29) is 11.3 Å². The van der Waals surface area contributed by atoms with Gasteiger partial charge in [0.05, 0.1) is 6.61 Å². The van der Waals surface area contributed by atoms with Crippen LogP contribution in [0, 0.1) is 0 Å². The van der Waals surface area contributed by atoms with Gasteiger partial charge in [0.15, 0.2) is 8.32 Å². The molecule has 0 aliphatic carbocycles. The maximum atomic E-state index is 6.63. The van der Waals surface area contributed by atoms with Crippen LogP contribution in [0.5, 0.6) is 5.75 Å². The van der Waals surface area contributed by atoms with Gasteiger partial charge in [-0.25, -0.2) is 0 Å². The Morgan fingerprint density at radius 1 is 1.00 bits per heavy atom. The van der Waals surface area contributed by atoms with E-state index in [2.05, 4.69) is 33.9 Å². The van der Waals surface area contributed by atoms with E-state index in [0.29, 0.717) is 13.2 Å². The van der Waals surface area contributed by atoms with Crippen LogP contribution in [0.3, 0.4) is 0 Å². The lowest BCUT2D eigenvalue weighted by atomic mass is 9.78. The van der Waals surface area contributed by atoms with E-state index in [1.807, 2.05) is 66.5 Å². The molecule has 2 rings (SSSR count). The van der Waals surface area contributed by atoms with E-state index < -0.39 is 8.32 Å². The summed E-state index contributed by atoms with van der Waals surface area (Å²) in [5.41, 5.74) is 2.08. The van der Waals surface area contributed by atoms with Crippen LogP contribution in [0.15, 0.2) is 54.6 Å². The minimum Gasteiger partial charge on any atom is -0.491 e. The number of benzene rings is 2. The van der Waals surface area contributed by atoms with Crippen LogP contribution in [-0.4, -0.2) is 34.8 Å². The molecule has 0 saturated heterocycles. The van der Waals surface area contributed by atoms with Crippen LogP contribution >= 0.6 is 11.5 Å². The van der Waals surface area contributed by atoms with Gasteiger partial charge in [0.1, 0.15) is 12.4 Å². The van der Waals surface area contributed by atoms with Gasteiger partial charge in [0.2, 0.25) is 0 Å². The van der Waals surface area contributed by atoms with Crippen molar-refractivity contribution in [2.45, 2.75) is 38.9 Å². The Morgan fingerprint density at radius 2 is 1.67 bits per heavy atom. The molecule has 146 valence electrons. The van der Waals surface area contributed by atoms with Crippen molar-refractivity contribution in [3.05, 3.63) is 54.6 Å². The van der Waals surface area contributed by atoms with Crippen molar-refractivity contribution in [1.29, 1.82) is 0 Å². The lowest BCUT2D eigenvalue weighted by Crippen LogP contribution is -2.42. The van der Waals surface area contributed by atoms with Gasteiger partial charge in [-0.15, -0.1) is 0 Å². The smallest absolute Gasteiger partial charge is 0.395 e. The highest BCUT2D eigenvalue weighted by molar-refractivity contribution is 7.16. The zero-order valence-electron chi connectivity index (χ0n) is 17.3. The number of hydrogen-bond acceptors (Lipinski definition) is 3. The van der Waals surface area contributed by atoms with E-state index in [1.165, 1.54) is 0 Å². The summed E-state index contributed by atoms with van der Waals surface area (Å²) < 4.78 is 12.1. The topological polar surface area (TPSA) is 21.7 Å². The first-order valence-electron chi connectivity index (χ1n) is 9.40. The maximum absolute atomic E-state index is 6.63. The molecule has 0 aliphatic heterocycles. The normalized spacial score (nSPS) is 12.0. The van der Waals surface area contributed by atoms with E-state index in [9.17, 15) is 0 Å². The van der Waals surface area contributed by atoms with Gasteiger partial charge in [0, 0.05) is 11.8 Å². The molecule has 27 heavy (non-hydrogen) atoms. The van der Waals surface area contributed by atoms with Gasteiger partial charge in [-0.2, -0.15) is 11.5 Å². The SMILES string of the molecule is CN(B(Cl)c1ccccc1)c1cccc(OCCO[Si](C)(C)C(C)(C)C)c1. The average Bonchev–Trinajstić information content (AvgIpc) is 2.64. The van der Waals surface area contributed by atoms with E-state index >= 15 is 0 Å². The summed E-state index contributed by atoms with van der Waals surface area (Å²) in [7, 11) is 0.260. The van der Waals surface area contributed by atoms with E-state index in [1.54, 1.807) is 0 Å². The third kappa shape index (κ3) is 6.03. The summed E-state index contributed by atoms with van der Waals surface area (Å²) in [6, 6.07) is 18.1. The number of hydrogen-bond donors (Lipinski definition) is 0. The molecule has 0 unspecified atom stereocenters. The Bertz CT molecular complexity index is 722. The average molecular weight is 404 g/mol. The summed E-state index contributed by atoms with van der Waals surface area (Å²) in [5, 5.41) is 0.211. The number of ether oxygens (including phenoxy) is 1. The first-order valence-corrected chi connectivity index (χ1v) is 12.7. The number of nitrogens with zero attached hydrogens (tertiary/aromatic N) is 1. The fourth-order valence-electron chi connectivity index (χ4n) is 2.43. The molecule has 0 radical (unpaired) electrons. The molecule has 0 amide bonds. The summed E-state index contributed by atoms with van der Waals surface area (Å²) in [4.78, 5) is 2.04. The second-order valence-corrected chi connectivity index (χ2v) is 13.5. The summed E-state index contributed by atoms with van der Waals surface area (Å²) >= 11 is 6.63. The molecule has 0 atom stereocenters. The van der Waals surface area contributed by atoms with Crippen LogP contribution in [0.2, 0.25) is 18.1 Å². The van der Waals surface area contributed by atoms with Crippen molar-refractivity contribution in [2.24, 2.45) is 0 Å². The predicted molar refractivity (Wildman–Crippen MR) is 121 cm³/mol. The van der Waals surface area contributed by atoms with Crippen LogP contribution in [0.25, 0.3) is 0 Å². The molecule has 0 fully saturated rings. The lowest BCUT2D eigenvalue weighted by molar-refractivity contribution is 0.203. The standard InChI is InChI=1S/C21H31BClNO2Si/c1-21(2,3)27(5,6)26-16-15-25-20-14-10-13-19(17-20)24(4)22(23)18-11-8-7-9-12-18/h7-14,17H,15-16H2,1-6H3. The highest BCUT2D eigenvalue weighted by Crippen LogP contribution is 2.36. The third-order valence-corrected chi connectivity index (χ3v) is 10.3. The molecule has 0 aromatic heterocycles. The Hall–Kier alpha value is -1.43. The number of halogens is 1. The second-order valence-electron chi connectivity index (χ2n) is 8.31. The highest BCUT2D eigenvalue weighted by Gasteiger charge is 2.36. The molecule has 0 heterocycles. The molecule has 0 aliphatic rings. The molecular weight excluding hydrogens is 373 g/mol. The van der Waals surface area contributed by atoms with Crippen molar-refractivity contribution >= 4 is 37.2 Å². The minimum atomic E-state index is -1.73. The van der Waals surface area contributed by atoms with Gasteiger partial charge in [0.25, 0.3) is 0 Å². The minimum absolute atomic E-state index is 0.211. The van der Waals surface area contributed by atoms with Gasteiger partial charge in [-0.3, -0.25) is 0 Å². The maximum Gasteiger partial charge on any atom is 0.395 e. The molecule has 3 nitrogen and oxygen atoms in total. The molecular formula is C21H31BClNO2Si. The highest BCUT2D eigenvalue weighted by atomic mass is 35.5. The van der Waals surface area contributed by atoms with Crippen molar-refractivity contribution in [2.75, 3.05) is 25.1 Å². The van der Waals surface area contributed by atoms with Crippen LogP contribution < -0.4 is 15.0 Å². The largest absolute Gasteiger partial charge is 0.491 e. The number of anilines is 1. The predicted octanol–water partition coefficient (Wildman–Crippen LogP) is 5.16. The first-order chi connectivity index (χ1) is 12.6. The Labute approximate surface area is 170 Å². The fraction of sp³-hybridized carbons (Fsp3) is 0.429. The quantitative estimate of drug-likeness (QED) is 0.449. The zero-order chi connectivity index (χ0) is 20.1. The Morgan fingerprint density at radius 3 is 2.30 bits per heavy atom. The number of rotatable bonds is 8. The molecule has 0 N–H and O–H groups in total. The van der Waals surface area contributed by atoms with Gasteiger partial charge >= 0.3 is 6.26 Å². The van der Waals surface area contributed by atoms with Crippen LogP contribution in [-0.2, 0) is 4.43 Å². The lowest BCUT2D eigenvalue weighted by Gasteiger charge is -2.36. The van der Waals surface area contributed by atoms with Crippen molar-refractivity contribution in [3.8, 4) is 5.75 Å². The Kier molecular flexibility index (Phi) is 7.43. The summed E-state index contributed by atoms with van der Waals surface area (Å²) in [6.45, 7) is 12.4. The summed E-state index contributed by atoms with van der Waals surface area (Å²) in [5.74, 6) is 0.829. The molecule has 2 aromatic carbocycles. The van der Waals surface area contributed by atoms with Gasteiger partial charge in [-0.05, 0) is 42.8 Å². The van der Waals surface area contributed by atoms with E-state index in [4.69, 9.17) is 20.6 Å². The van der Waals surface area contributed by atoms with Crippen LogP contribution in [0.4, 0.5) is 5.69 Å². The molecule has 0 bridgehead atoms. The molecule has 0 saturated carbocycles. The second kappa shape index (κ2) is 9.18.